The van der Waals surface area contributed by atoms with Crippen molar-refractivity contribution < 1.29 is 24.2 Å². The Balaban J connectivity index is 1.92. The van der Waals surface area contributed by atoms with Crippen LogP contribution >= 0.6 is 0 Å². The number of aliphatic hydroxyl groups is 1. The highest BCUT2D eigenvalue weighted by Crippen LogP contribution is 2.44. The number of benzene rings is 3. The molecule has 4 rings (SSSR count). The van der Waals surface area contributed by atoms with E-state index < -0.39 is 17.7 Å². The number of ketones is 1. The van der Waals surface area contributed by atoms with Crippen molar-refractivity contribution >= 4 is 23.1 Å². The Hall–Kier alpha value is -4.06. The average molecular weight is 486 g/mol. The van der Waals surface area contributed by atoms with Crippen molar-refractivity contribution in [1.82, 2.24) is 0 Å². The SMILES string of the molecule is CCCOc1ccc(/C(O)=C2\C(=O)C(=O)N(c3cccc(C)c3C)C2c2cccc(OC)c2)cc1C. The van der Waals surface area contributed by atoms with Gasteiger partial charge in [0.2, 0.25) is 0 Å². The number of hydrogen-bond donors (Lipinski definition) is 1. The Kier molecular flexibility index (Phi) is 7.15. The Morgan fingerprint density at radius 3 is 2.42 bits per heavy atom. The second-order valence-corrected chi connectivity index (χ2v) is 8.99. The molecule has 0 aromatic heterocycles. The molecule has 6 heteroatoms. The zero-order chi connectivity index (χ0) is 26.0. The number of carbonyl (C=O) groups excluding carboxylic acids is 2. The Bertz CT molecular complexity index is 1360. The van der Waals surface area contributed by atoms with Gasteiger partial charge in [0, 0.05) is 11.3 Å². The van der Waals surface area contributed by atoms with Crippen LogP contribution in [0.2, 0.25) is 0 Å². The minimum atomic E-state index is -0.822. The predicted octanol–water partition coefficient (Wildman–Crippen LogP) is 6.04. The van der Waals surface area contributed by atoms with Crippen LogP contribution in [-0.4, -0.2) is 30.5 Å². The third kappa shape index (κ3) is 4.47. The van der Waals surface area contributed by atoms with Gasteiger partial charge in [0.25, 0.3) is 11.7 Å². The van der Waals surface area contributed by atoms with E-state index in [1.165, 1.54) is 4.90 Å². The summed E-state index contributed by atoms with van der Waals surface area (Å²) in [6.45, 7) is 8.38. The predicted molar refractivity (Wildman–Crippen MR) is 141 cm³/mol. The van der Waals surface area contributed by atoms with E-state index in [2.05, 4.69) is 0 Å². The van der Waals surface area contributed by atoms with Gasteiger partial charge in [0.15, 0.2) is 0 Å². The summed E-state index contributed by atoms with van der Waals surface area (Å²) in [5.74, 6) is -0.331. The van der Waals surface area contributed by atoms with Gasteiger partial charge in [-0.05, 0) is 85.8 Å². The van der Waals surface area contributed by atoms with Crippen molar-refractivity contribution in [3.63, 3.8) is 0 Å². The highest BCUT2D eigenvalue weighted by molar-refractivity contribution is 6.51. The summed E-state index contributed by atoms with van der Waals surface area (Å²) in [5.41, 5.74) is 4.49. The summed E-state index contributed by atoms with van der Waals surface area (Å²) in [5, 5.41) is 11.5. The summed E-state index contributed by atoms with van der Waals surface area (Å²) >= 11 is 0. The zero-order valence-corrected chi connectivity index (χ0v) is 21.3. The molecular weight excluding hydrogens is 454 g/mol. The van der Waals surface area contributed by atoms with E-state index >= 15 is 0 Å². The number of nitrogens with zero attached hydrogens (tertiary/aromatic N) is 1. The van der Waals surface area contributed by atoms with Crippen LogP contribution in [0, 0.1) is 20.8 Å². The number of Topliss-reactive ketones (excluding diaryl/α,β-unsaturated/α-hetero) is 1. The number of ether oxygens (including phenoxy) is 2. The van der Waals surface area contributed by atoms with Gasteiger partial charge in [0.05, 0.1) is 25.3 Å². The Labute approximate surface area is 211 Å². The maximum Gasteiger partial charge on any atom is 0.300 e. The number of aryl methyl sites for hydroxylation is 2. The van der Waals surface area contributed by atoms with Crippen molar-refractivity contribution in [2.24, 2.45) is 0 Å². The molecule has 0 aliphatic carbocycles. The number of methoxy groups -OCH3 is 1. The molecule has 1 fully saturated rings. The third-order valence-corrected chi connectivity index (χ3v) is 6.60. The van der Waals surface area contributed by atoms with Gasteiger partial charge in [0.1, 0.15) is 17.3 Å². The van der Waals surface area contributed by atoms with E-state index in [4.69, 9.17) is 9.47 Å². The van der Waals surface area contributed by atoms with Crippen LogP contribution in [0.5, 0.6) is 11.5 Å². The van der Waals surface area contributed by atoms with Crippen molar-refractivity contribution in [2.45, 2.75) is 40.2 Å². The van der Waals surface area contributed by atoms with Crippen molar-refractivity contribution in [3.05, 3.63) is 94.1 Å². The number of amides is 1. The van der Waals surface area contributed by atoms with E-state index in [9.17, 15) is 14.7 Å². The summed E-state index contributed by atoms with van der Waals surface area (Å²) in [7, 11) is 1.56. The molecule has 1 heterocycles. The number of aliphatic hydroxyl groups excluding tert-OH is 1. The number of rotatable bonds is 7. The van der Waals surface area contributed by atoms with Gasteiger partial charge in [-0.3, -0.25) is 14.5 Å². The summed E-state index contributed by atoms with van der Waals surface area (Å²) in [6, 6.07) is 17.3. The highest BCUT2D eigenvalue weighted by Gasteiger charge is 2.47. The second-order valence-electron chi connectivity index (χ2n) is 8.99. The van der Waals surface area contributed by atoms with E-state index in [1.807, 2.05) is 52.0 Å². The van der Waals surface area contributed by atoms with Crippen LogP contribution in [0.4, 0.5) is 5.69 Å². The standard InChI is InChI=1S/C30H31NO5/c1-6-15-36-25-14-13-22(16-19(25)3)28(32)26-27(21-10-8-11-23(17-21)35-5)31(30(34)29(26)33)24-12-7-9-18(2)20(24)4/h7-14,16-17,27,32H,6,15H2,1-5H3/b28-26+. The minimum absolute atomic E-state index is 0.0378. The molecule has 3 aromatic rings. The van der Waals surface area contributed by atoms with Gasteiger partial charge in [-0.1, -0.05) is 31.2 Å². The molecule has 1 aliphatic rings. The largest absolute Gasteiger partial charge is 0.507 e. The number of anilines is 1. The molecule has 3 aromatic carbocycles. The number of hydrogen-bond acceptors (Lipinski definition) is 5. The fourth-order valence-corrected chi connectivity index (χ4v) is 4.53. The fourth-order valence-electron chi connectivity index (χ4n) is 4.53. The first-order valence-corrected chi connectivity index (χ1v) is 12.0. The normalized spacial score (nSPS) is 16.9. The van der Waals surface area contributed by atoms with E-state index in [-0.39, 0.29) is 11.3 Å². The first-order valence-electron chi connectivity index (χ1n) is 12.0. The summed E-state index contributed by atoms with van der Waals surface area (Å²) in [4.78, 5) is 28.4. The molecule has 0 saturated carbocycles. The zero-order valence-electron chi connectivity index (χ0n) is 21.3. The summed E-state index contributed by atoms with van der Waals surface area (Å²) < 4.78 is 11.2. The lowest BCUT2D eigenvalue weighted by atomic mass is 9.94. The molecule has 1 unspecified atom stereocenters. The lowest BCUT2D eigenvalue weighted by Gasteiger charge is -2.27. The number of carbonyl (C=O) groups is 2. The van der Waals surface area contributed by atoms with Crippen LogP contribution in [-0.2, 0) is 9.59 Å². The van der Waals surface area contributed by atoms with Crippen LogP contribution in [0.25, 0.3) is 5.76 Å². The topological polar surface area (TPSA) is 76.1 Å². The van der Waals surface area contributed by atoms with Gasteiger partial charge < -0.3 is 14.6 Å². The molecule has 0 bridgehead atoms. The highest BCUT2D eigenvalue weighted by atomic mass is 16.5. The van der Waals surface area contributed by atoms with Crippen LogP contribution in [0.1, 0.15) is 47.2 Å². The third-order valence-electron chi connectivity index (χ3n) is 6.60. The summed E-state index contributed by atoms with van der Waals surface area (Å²) in [6.07, 6.45) is 0.879. The van der Waals surface area contributed by atoms with Gasteiger partial charge in [-0.2, -0.15) is 0 Å². The molecule has 1 aliphatic heterocycles. The molecule has 0 spiro atoms. The monoisotopic (exact) mass is 485 g/mol. The first kappa shape index (κ1) is 25.0. The fraction of sp³-hybridized carbons (Fsp3) is 0.267. The smallest absolute Gasteiger partial charge is 0.300 e. The van der Waals surface area contributed by atoms with Gasteiger partial charge >= 0.3 is 0 Å². The van der Waals surface area contributed by atoms with Crippen molar-refractivity contribution in [1.29, 1.82) is 0 Å². The van der Waals surface area contributed by atoms with Crippen LogP contribution in [0.15, 0.2) is 66.2 Å². The quantitative estimate of drug-likeness (QED) is 0.251. The maximum atomic E-state index is 13.5. The van der Waals surface area contributed by atoms with E-state index in [1.54, 1.807) is 43.5 Å². The second kappa shape index (κ2) is 10.3. The molecule has 0 radical (unpaired) electrons. The molecule has 36 heavy (non-hydrogen) atoms. The Morgan fingerprint density at radius 2 is 1.72 bits per heavy atom. The molecule has 1 atom stereocenters. The van der Waals surface area contributed by atoms with Crippen molar-refractivity contribution in [2.75, 3.05) is 18.6 Å². The lowest BCUT2D eigenvalue weighted by molar-refractivity contribution is -0.132. The molecule has 186 valence electrons. The Morgan fingerprint density at radius 1 is 0.972 bits per heavy atom. The van der Waals surface area contributed by atoms with E-state index in [0.717, 1.165) is 23.1 Å². The minimum Gasteiger partial charge on any atom is -0.507 e. The lowest BCUT2D eigenvalue weighted by Crippen LogP contribution is -2.30. The van der Waals surface area contributed by atoms with E-state index in [0.29, 0.717) is 34.9 Å². The average Bonchev–Trinajstić information content (AvgIpc) is 3.14. The molecular formula is C30H31NO5. The molecule has 1 saturated heterocycles. The van der Waals surface area contributed by atoms with Gasteiger partial charge in [-0.25, -0.2) is 0 Å². The molecule has 1 N–H and O–H groups in total. The molecule has 6 nitrogen and oxygen atoms in total. The van der Waals surface area contributed by atoms with Crippen molar-refractivity contribution in [3.8, 4) is 11.5 Å². The van der Waals surface area contributed by atoms with Crippen LogP contribution in [0.3, 0.4) is 0 Å². The van der Waals surface area contributed by atoms with Crippen LogP contribution < -0.4 is 14.4 Å². The first-order chi connectivity index (χ1) is 17.3. The maximum absolute atomic E-state index is 13.5. The molecule has 1 amide bonds. The van der Waals surface area contributed by atoms with Gasteiger partial charge in [-0.15, -0.1) is 0 Å².